The van der Waals surface area contributed by atoms with Crippen molar-refractivity contribution in [2.45, 2.75) is 31.9 Å². The number of aliphatic hydroxyl groups excluding tert-OH is 1. The third-order valence-corrected chi connectivity index (χ3v) is 3.42. The monoisotopic (exact) mass is 239 g/mol. The van der Waals surface area contributed by atoms with E-state index in [1.54, 1.807) is 0 Å². The van der Waals surface area contributed by atoms with Gasteiger partial charge in [0.05, 0.1) is 6.10 Å². The molecule has 16 heavy (non-hydrogen) atoms. The van der Waals surface area contributed by atoms with Gasteiger partial charge >= 0.3 is 0 Å². The highest BCUT2D eigenvalue weighted by molar-refractivity contribution is 6.30. The summed E-state index contributed by atoms with van der Waals surface area (Å²) in [5.74, 6) is 0.532. The first kappa shape index (κ1) is 11.9. The van der Waals surface area contributed by atoms with Crippen LogP contribution >= 0.6 is 11.6 Å². The maximum Gasteiger partial charge on any atom is 0.0692 e. The van der Waals surface area contributed by atoms with Crippen LogP contribution in [0.1, 0.15) is 31.4 Å². The van der Waals surface area contributed by atoms with Crippen LogP contribution in [-0.4, -0.2) is 17.8 Å². The van der Waals surface area contributed by atoms with Gasteiger partial charge in [-0.25, -0.2) is 0 Å². The molecule has 2 N–H and O–H groups in total. The predicted octanol–water partition coefficient (Wildman–Crippen LogP) is 2.76. The maximum absolute atomic E-state index is 9.75. The second-order valence-electron chi connectivity index (χ2n) is 4.59. The minimum absolute atomic E-state index is 0.185. The highest BCUT2D eigenvalue weighted by Gasteiger charge is 2.29. The molecule has 1 aromatic rings. The minimum atomic E-state index is -0.185. The molecule has 0 saturated heterocycles. The number of hydrogen-bond acceptors (Lipinski definition) is 2. The van der Waals surface area contributed by atoms with Gasteiger partial charge in [-0.05, 0) is 43.4 Å². The van der Waals surface area contributed by atoms with Crippen molar-refractivity contribution in [2.75, 3.05) is 6.54 Å². The van der Waals surface area contributed by atoms with Crippen LogP contribution < -0.4 is 5.32 Å². The Bertz CT molecular complexity index is 334. The van der Waals surface area contributed by atoms with E-state index in [0.717, 1.165) is 5.02 Å². The van der Waals surface area contributed by atoms with Gasteiger partial charge in [0.2, 0.25) is 0 Å². The van der Waals surface area contributed by atoms with Gasteiger partial charge in [0.1, 0.15) is 0 Å². The lowest BCUT2D eigenvalue weighted by Crippen LogP contribution is -2.30. The molecule has 1 saturated carbocycles. The van der Waals surface area contributed by atoms with E-state index >= 15 is 0 Å². The zero-order valence-corrected chi connectivity index (χ0v) is 10.2. The number of rotatable bonds is 5. The summed E-state index contributed by atoms with van der Waals surface area (Å²) < 4.78 is 0. The molecule has 1 aliphatic carbocycles. The lowest BCUT2D eigenvalue weighted by molar-refractivity contribution is 0.145. The first-order chi connectivity index (χ1) is 7.66. The minimum Gasteiger partial charge on any atom is -0.392 e. The maximum atomic E-state index is 9.75. The second-order valence-corrected chi connectivity index (χ2v) is 5.02. The Kier molecular flexibility index (Phi) is 3.85. The fraction of sp³-hybridized carbons (Fsp3) is 0.538. The number of hydrogen-bond donors (Lipinski definition) is 2. The molecule has 0 aromatic heterocycles. The Hall–Kier alpha value is -0.570. The van der Waals surface area contributed by atoms with Gasteiger partial charge in [0, 0.05) is 17.6 Å². The molecule has 2 unspecified atom stereocenters. The lowest BCUT2D eigenvalue weighted by Gasteiger charge is -2.17. The molecule has 0 bridgehead atoms. The third-order valence-electron chi connectivity index (χ3n) is 3.17. The smallest absolute Gasteiger partial charge is 0.0692 e. The Balaban J connectivity index is 1.82. The van der Waals surface area contributed by atoms with Crippen molar-refractivity contribution < 1.29 is 5.11 Å². The number of halogens is 1. The molecular weight excluding hydrogens is 222 g/mol. The average Bonchev–Trinajstić information content (AvgIpc) is 3.10. The van der Waals surface area contributed by atoms with Gasteiger partial charge in [-0.2, -0.15) is 0 Å². The van der Waals surface area contributed by atoms with Gasteiger partial charge in [-0.15, -0.1) is 0 Å². The topological polar surface area (TPSA) is 32.3 Å². The average molecular weight is 240 g/mol. The van der Waals surface area contributed by atoms with Gasteiger partial charge in [0.25, 0.3) is 0 Å². The van der Waals surface area contributed by atoms with Gasteiger partial charge < -0.3 is 10.4 Å². The van der Waals surface area contributed by atoms with Crippen LogP contribution in [0.5, 0.6) is 0 Å². The first-order valence-corrected chi connectivity index (χ1v) is 6.21. The Morgan fingerprint density at radius 3 is 2.56 bits per heavy atom. The molecule has 88 valence electrons. The number of benzene rings is 1. The molecule has 2 rings (SSSR count). The van der Waals surface area contributed by atoms with Gasteiger partial charge in [-0.3, -0.25) is 0 Å². The molecular formula is C13H18ClNO. The summed E-state index contributed by atoms with van der Waals surface area (Å²) in [7, 11) is 0. The van der Waals surface area contributed by atoms with Crippen molar-refractivity contribution in [3.63, 3.8) is 0 Å². The summed E-state index contributed by atoms with van der Waals surface area (Å²) in [6.07, 6.45) is 2.17. The van der Waals surface area contributed by atoms with E-state index in [1.165, 1.54) is 18.4 Å². The van der Waals surface area contributed by atoms with E-state index < -0.39 is 0 Å². The molecule has 0 radical (unpaired) electrons. The van der Waals surface area contributed by atoms with E-state index in [2.05, 4.69) is 12.2 Å². The van der Waals surface area contributed by atoms with Crippen LogP contribution in [0.25, 0.3) is 0 Å². The number of nitrogens with one attached hydrogen (secondary N) is 1. The van der Waals surface area contributed by atoms with Gasteiger partial charge in [0.15, 0.2) is 0 Å². The van der Waals surface area contributed by atoms with E-state index in [9.17, 15) is 5.11 Å². The molecule has 0 amide bonds. The number of aliphatic hydroxyl groups is 1. The Labute approximate surface area is 102 Å². The lowest BCUT2D eigenvalue weighted by atomic mass is 10.1. The summed E-state index contributed by atoms with van der Waals surface area (Å²) in [5.41, 5.74) is 1.20. The summed E-state index contributed by atoms with van der Waals surface area (Å²) in [6, 6.07) is 8.08. The Morgan fingerprint density at radius 1 is 1.38 bits per heavy atom. The quantitative estimate of drug-likeness (QED) is 0.828. The molecule has 2 nitrogen and oxygen atoms in total. The van der Waals surface area contributed by atoms with Crippen molar-refractivity contribution in [1.82, 2.24) is 5.32 Å². The van der Waals surface area contributed by atoms with Crippen LogP contribution in [0.15, 0.2) is 24.3 Å². The van der Waals surface area contributed by atoms with Crippen LogP contribution in [0.4, 0.5) is 0 Å². The normalized spacial score (nSPS) is 19.4. The molecule has 1 aliphatic rings. The molecule has 2 atom stereocenters. The van der Waals surface area contributed by atoms with E-state index in [-0.39, 0.29) is 12.1 Å². The van der Waals surface area contributed by atoms with Crippen LogP contribution in [0, 0.1) is 5.92 Å². The predicted molar refractivity (Wildman–Crippen MR) is 66.6 cm³/mol. The largest absolute Gasteiger partial charge is 0.392 e. The van der Waals surface area contributed by atoms with Crippen molar-refractivity contribution in [1.29, 1.82) is 0 Å². The first-order valence-electron chi connectivity index (χ1n) is 5.83. The summed E-state index contributed by atoms with van der Waals surface area (Å²) in [5, 5.41) is 13.8. The van der Waals surface area contributed by atoms with Crippen molar-refractivity contribution in [2.24, 2.45) is 5.92 Å². The highest BCUT2D eigenvalue weighted by atomic mass is 35.5. The SMILES string of the molecule is CC(NCC(O)C1CC1)c1ccc(Cl)cc1. The highest BCUT2D eigenvalue weighted by Crippen LogP contribution is 2.32. The van der Waals surface area contributed by atoms with E-state index in [4.69, 9.17) is 11.6 Å². The molecule has 0 heterocycles. The summed E-state index contributed by atoms with van der Waals surface area (Å²) in [6.45, 7) is 2.78. The molecule has 0 aliphatic heterocycles. The fourth-order valence-corrected chi connectivity index (χ4v) is 1.94. The summed E-state index contributed by atoms with van der Waals surface area (Å²) >= 11 is 5.83. The van der Waals surface area contributed by atoms with Crippen LogP contribution in [0.3, 0.4) is 0 Å². The second kappa shape index (κ2) is 5.17. The van der Waals surface area contributed by atoms with E-state index in [0.29, 0.717) is 12.5 Å². The van der Waals surface area contributed by atoms with E-state index in [1.807, 2.05) is 24.3 Å². The van der Waals surface area contributed by atoms with Crippen molar-refractivity contribution in [3.8, 4) is 0 Å². The Morgan fingerprint density at radius 2 is 2.00 bits per heavy atom. The molecule has 0 spiro atoms. The standard InChI is InChI=1S/C13H18ClNO/c1-9(10-4-6-12(14)7-5-10)15-8-13(16)11-2-3-11/h4-7,9,11,13,15-16H,2-3,8H2,1H3. The zero-order chi connectivity index (χ0) is 11.5. The van der Waals surface area contributed by atoms with Crippen molar-refractivity contribution in [3.05, 3.63) is 34.9 Å². The third kappa shape index (κ3) is 3.21. The molecule has 3 heteroatoms. The summed E-state index contributed by atoms with van der Waals surface area (Å²) in [4.78, 5) is 0. The fourth-order valence-electron chi connectivity index (χ4n) is 1.81. The van der Waals surface area contributed by atoms with Crippen LogP contribution in [0.2, 0.25) is 5.02 Å². The molecule has 1 aromatic carbocycles. The molecule has 1 fully saturated rings. The zero-order valence-electron chi connectivity index (χ0n) is 9.49. The van der Waals surface area contributed by atoms with Crippen LogP contribution in [-0.2, 0) is 0 Å². The van der Waals surface area contributed by atoms with Crippen molar-refractivity contribution >= 4 is 11.6 Å². The van der Waals surface area contributed by atoms with Gasteiger partial charge in [-0.1, -0.05) is 23.7 Å².